The van der Waals surface area contributed by atoms with Gasteiger partial charge < -0.3 is 71.8 Å². The number of tetrazole rings is 1. The number of carbonyl (C=O) groups excluding carboxylic acids is 6. The molecule has 0 radical (unpaired) electrons. The van der Waals surface area contributed by atoms with Crippen molar-refractivity contribution >= 4 is 140 Å². The van der Waals surface area contributed by atoms with Crippen LogP contribution in [0.4, 0.5) is 5.82 Å². The van der Waals surface area contributed by atoms with Gasteiger partial charge in [-0.25, -0.2) is 38.1 Å². The zero-order valence-electron chi connectivity index (χ0n) is 43.1. The first kappa shape index (κ1) is 65.9. The van der Waals surface area contributed by atoms with E-state index in [2.05, 4.69) is 55.3 Å². The zero-order chi connectivity index (χ0) is 61.1. The van der Waals surface area contributed by atoms with Gasteiger partial charge in [-0.15, -0.1) is 16.9 Å². The highest BCUT2D eigenvalue weighted by Crippen LogP contribution is 2.61. The highest BCUT2D eigenvalue weighted by atomic mass is 32.3. The summed E-state index contributed by atoms with van der Waals surface area (Å²) in [6, 6.07) is 0. The highest BCUT2D eigenvalue weighted by molar-refractivity contribution is 8.39. The van der Waals surface area contributed by atoms with E-state index < -0.39 is 135 Å². The summed E-state index contributed by atoms with van der Waals surface area (Å²) < 4.78 is 68.6. The number of nitrogens with zero attached hydrogens (tertiary/aromatic N) is 9. The van der Waals surface area contributed by atoms with Gasteiger partial charge in [0.15, 0.2) is 17.7 Å². The average Bonchev–Trinajstić information content (AvgIpc) is 3.36. The normalized spacial score (nSPS) is 24.4. The van der Waals surface area contributed by atoms with Crippen molar-refractivity contribution in [3.63, 3.8) is 0 Å². The van der Waals surface area contributed by atoms with Gasteiger partial charge in [-0.2, -0.15) is 4.31 Å². The Kier molecular flexibility index (Phi) is 21.1. The average molecular weight is 1330 g/mol. The number of primary amides is 1. The molecular formula is C38H51N14O23P3S5. The minimum Gasteiger partial charge on any atom is -0.477 e. The molecule has 45 heteroatoms. The van der Waals surface area contributed by atoms with Crippen molar-refractivity contribution < 1.29 is 110 Å². The maximum atomic E-state index is 13.6. The molecule has 0 saturated carbocycles. The Hall–Kier alpha value is -4.65. The SMILES string of the molecule is CO[C@@]1(NC(=O)C2SC(=C(C(N)=O)C(=O)SCCNC(=O)CCNC(=O)C(O)C(C)(C)COP(=O)(O)OP(=O)(O)OCC3OC(n4cnc5c(N)ncnc54)C(O)C3OP(=O)(O)O)S2)C(=O)N2C(C(=O)O)=C(CSc3nnnn3C)CSC21. The number of amides is 5. The number of anilines is 1. The Morgan fingerprint density at radius 1 is 1.04 bits per heavy atom. The number of nitrogens with one attached hydrogen (secondary N) is 3. The van der Waals surface area contributed by atoms with Crippen LogP contribution in [0.3, 0.4) is 0 Å². The molecule has 4 aliphatic rings. The first-order chi connectivity index (χ1) is 38.8. The summed E-state index contributed by atoms with van der Waals surface area (Å²) in [5.74, 6) is -5.59. The number of aliphatic hydroxyl groups excluding tert-OH is 2. The lowest BCUT2D eigenvalue weighted by Gasteiger charge is -2.56. The molecule has 456 valence electrons. The Labute approximate surface area is 487 Å². The number of carbonyl (C=O) groups is 7. The molecule has 3 saturated heterocycles. The molecule has 0 spiro atoms. The number of carboxylic acids is 1. The molecule has 0 aliphatic carbocycles. The second-order valence-electron chi connectivity index (χ2n) is 18.2. The van der Waals surface area contributed by atoms with Gasteiger partial charge in [-0.1, -0.05) is 60.9 Å². The highest BCUT2D eigenvalue weighted by Gasteiger charge is 2.67. The number of hydrogen-bond acceptors (Lipinski definition) is 30. The van der Waals surface area contributed by atoms with E-state index in [0.29, 0.717) is 22.5 Å². The topological polar surface area (TPSA) is 546 Å². The predicted molar refractivity (Wildman–Crippen MR) is 287 cm³/mol. The molecule has 7 heterocycles. The number of hydrogen-bond donors (Lipinski definition) is 12. The third-order valence-electron chi connectivity index (χ3n) is 11.9. The maximum Gasteiger partial charge on any atom is 0.481 e. The monoisotopic (exact) mass is 1320 g/mol. The molecule has 83 heavy (non-hydrogen) atoms. The molecule has 7 rings (SSSR count). The summed E-state index contributed by atoms with van der Waals surface area (Å²) in [6.45, 7) is -0.262. The molecule has 4 aliphatic heterocycles. The third-order valence-corrected chi connectivity index (χ3v) is 21.2. The lowest BCUT2D eigenvalue weighted by Crippen LogP contribution is -2.81. The Morgan fingerprint density at radius 2 is 1.73 bits per heavy atom. The zero-order valence-corrected chi connectivity index (χ0v) is 49.8. The molecular weight excluding hydrogens is 1270 g/mol. The number of thioether (sulfide) groups is 5. The van der Waals surface area contributed by atoms with Crippen molar-refractivity contribution in [2.24, 2.45) is 18.2 Å². The van der Waals surface area contributed by atoms with Crippen LogP contribution in [-0.2, 0) is 81.7 Å². The van der Waals surface area contributed by atoms with E-state index >= 15 is 0 Å². The molecule has 0 aromatic carbocycles. The largest absolute Gasteiger partial charge is 0.481 e. The van der Waals surface area contributed by atoms with Crippen LogP contribution in [-0.4, -0.2) is 211 Å². The van der Waals surface area contributed by atoms with Crippen molar-refractivity contribution in [3.8, 4) is 0 Å². The van der Waals surface area contributed by atoms with E-state index in [1.54, 1.807) is 7.05 Å². The number of β-lactam (4-membered cyclic amide) rings is 1. The van der Waals surface area contributed by atoms with Crippen LogP contribution in [0.2, 0.25) is 0 Å². The second-order valence-corrected chi connectivity index (χ2v) is 28.3. The number of aryl methyl sites for hydroxylation is 1. The molecule has 37 nitrogen and oxygen atoms in total. The summed E-state index contributed by atoms with van der Waals surface area (Å²) in [7, 11) is -13.9. The Morgan fingerprint density at radius 3 is 2.37 bits per heavy atom. The van der Waals surface area contributed by atoms with Gasteiger partial charge in [0.2, 0.25) is 28.0 Å². The number of aromatic nitrogens is 8. The quantitative estimate of drug-likeness (QED) is 0.00510. The summed E-state index contributed by atoms with van der Waals surface area (Å²) >= 11 is 4.57. The number of carboxylic acid groups (broad SMARTS) is 1. The number of rotatable bonds is 28. The maximum absolute atomic E-state index is 13.6. The fourth-order valence-corrected chi connectivity index (χ4v) is 16.2. The van der Waals surface area contributed by atoms with Crippen molar-refractivity contribution in [1.82, 2.24) is 60.6 Å². The van der Waals surface area contributed by atoms with Gasteiger partial charge in [0.05, 0.1) is 23.8 Å². The second kappa shape index (κ2) is 26.5. The smallest absolute Gasteiger partial charge is 0.477 e. The summed E-state index contributed by atoms with van der Waals surface area (Å²) in [4.78, 5) is 143. The van der Waals surface area contributed by atoms with Gasteiger partial charge in [0.1, 0.15) is 57.5 Å². The molecule has 3 aromatic rings. The van der Waals surface area contributed by atoms with E-state index in [4.69, 9.17) is 30.0 Å². The van der Waals surface area contributed by atoms with Crippen LogP contribution in [0.15, 0.2) is 38.9 Å². The van der Waals surface area contributed by atoms with Crippen LogP contribution < -0.4 is 27.4 Å². The van der Waals surface area contributed by atoms with Crippen LogP contribution in [0.5, 0.6) is 0 Å². The predicted octanol–water partition coefficient (Wildman–Crippen LogP) is -2.80. The lowest BCUT2D eigenvalue weighted by atomic mass is 9.87. The van der Waals surface area contributed by atoms with Gasteiger partial charge in [0, 0.05) is 56.3 Å². The van der Waals surface area contributed by atoms with Crippen molar-refractivity contribution in [2.75, 3.05) is 56.4 Å². The van der Waals surface area contributed by atoms with Crippen molar-refractivity contribution in [3.05, 3.63) is 33.7 Å². The standard InChI is InChI=1S/C38H51N14O23P3S5/c1-37(2,12-72-78(68,69)75-77(66,67)71-9-16-22(74-76(63,64)65)21(54)29(73-16)51-14-45-19-24(39)43-13-44-26(19)51)23(55)27(57)42-6-5-17(53)41-7-8-79-31(61)18(25(40)56)32-82-33(83-32)28(58)46-38(70-4)34(62)52-20(30(59)60)15(10-80-35(38)52)11-81-36-47-48-49-50(36)3/h13-14,16,21-23,29,33,35,54-55H,5-12H2,1-4H3,(H2,40,56)(H,41,53)(H,42,57)(H,46,58)(H,59,60)(H,66,67)(H,68,69)(H2,39,43,44)(H2,63,64,65)/t16?,21?,22?,23?,29?,33?,35?,38-/m0/s1. The number of nitrogens with two attached hydrogens (primary N) is 2. The van der Waals surface area contributed by atoms with E-state index in [-0.39, 0.29) is 63.7 Å². The number of nitrogen functional groups attached to an aromatic ring is 1. The van der Waals surface area contributed by atoms with Crippen LogP contribution in [0, 0.1) is 5.41 Å². The van der Waals surface area contributed by atoms with Crippen LogP contribution in [0.25, 0.3) is 11.2 Å². The summed E-state index contributed by atoms with van der Waals surface area (Å²) in [5.41, 5.74) is 7.41. The molecule has 14 N–H and O–H groups in total. The van der Waals surface area contributed by atoms with Gasteiger partial charge in [-0.05, 0) is 16.0 Å². The number of methoxy groups -OCH3 is 1. The number of ether oxygens (including phenoxy) is 2. The van der Waals surface area contributed by atoms with Crippen LogP contribution >= 0.6 is 82.3 Å². The van der Waals surface area contributed by atoms with E-state index in [0.717, 1.165) is 45.6 Å². The number of phosphoric acid groups is 3. The van der Waals surface area contributed by atoms with Crippen LogP contribution in [0.1, 0.15) is 26.5 Å². The van der Waals surface area contributed by atoms with Crippen molar-refractivity contribution in [2.45, 2.75) is 71.7 Å². The number of fused-ring (bicyclic) bond motifs is 2. The first-order valence-electron chi connectivity index (χ1n) is 23.4. The first-order valence-corrected chi connectivity index (χ1v) is 32.7. The molecule has 3 fully saturated rings. The number of phosphoric ester groups is 3. The molecule has 0 bridgehead atoms. The van der Waals surface area contributed by atoms with Gasteiger partial charge >= 0.3 is 29.4 Å². The molecule has 9 atom stereocenters. The molecule has 8 unspecified atom stereocenters. The number of aliphatic carboxylic acids is 1. The number of aliphatic hydroxyl groups is 2. The van der Waals surface area contributed by atoms with E-state index in [9.17, 15) is 82.2 Å². The fraction of sp³-hybridized carbons (Fsp3) is 0.553. The minimum absolute atomic E-state index is 0.00286. The molecule has 3 aromatic heterocycles. The van der Waals surface area contributed by atoms with Gasteiger partial charge in [-0.3, -0.25) is 51.8 Å². The van der Waals surface area contributed by atoms with E-state index in [1.807, 2.05) is 0 Å². The Balaban J connectivity index is 0.806. The Bertz CT molecular complexity index is 3270. The van der Waals surface area contributed by atoms with Crippen molar-refractivity contribution in [1.29, 1.82) is 0 Å². The van der Waals surface area contributed by atoms with E-state index in [1.165, 1.54) is 49.2 Å². The number of imidazole rings is 1. The molecule has 5 amide bonds. The minimum atomic E-state index is -5.66. The summed E-state index contributed by atoms with van der Waals surface area (Å²) in [6.07, 6.45) is -7.47. The third kappa shape index (κ3) is 15.3. The fourth-order valence-electron chi connectivity index (χ4n) is 7.85. The summed E-state index contributed by atoms with van der Waals surface area (Å²) in [5, 5.41) is 48.9. The van der Waals surface area contributed by atoms with Gasteiger partial charge in [0.25, 0.3) is 17.5 Å². The lowest BCUT2D eigenvalue weighted by molar-refractivity contribution is -0.192.